The Hall–Kier alpha value is -1.52. The van der Waals surface area contributed by atoms with Crippen LogP contribution in [0.4, 0.5) is 5.69 Å². The van der Waals surface area contributed by atoms with Gasteiger partial charge in [-0.3, -0.25) is 4.79 Å². The van der Waals surface area contributed by atoms with Crippen LogP contribution in [-0.2, 0) is 11.2 Å². The van der Waals surface area contributed by atoms with Gasteiger partial charge in [0, 0.05) is 20.5 Å². The Morgan fingerprint density at radius 2 is 2.21 bits per heavy atom. The van der Waals surface area contributed by atoms with Crippen molar-refractivity contribution in [3.05, 3.63) is 51.2 Å². The van der Waals surface area contributed by atoms with Gasteiger partial charge in [-0.15, -0.1) is 11.3 Å². The second-order valence-electron chi connectivity index (χ2n) is 4.15. The predicted octanol–water partition coefficient (Wildman–Crippen LogP) is 3.60. The summed E-state index contributed by atoms with van der Waals surface area (Å²) in [5.41, 5.74) is 6.26. The van der Waals surface area contributed by atoms with E-state index in [1.54, 1.807) is 23.5 Å². The van der Waals surface area contributed by atoms with Gasteiger partial charge >= 0.3 is 0 Å². The topological polar surface area (TPSA) is 55.1 Å². The maximum absolute atomic E-state index is 11.6. The molecule has 3 nitrogen and oxygen atoms in total. The van der Waals surface area contributed by atoms with E-state index >= 15 is 0 Å². The predicted molar refractivity (Wildman–Crippen MR) is 80.7 cm³/mol. The molecule has 1 aromatic heterocycles. The molecule has 2 aromatic rings. The molecule has 0 saturated carbocycles. The summed E-state index contributed by atoms with van der Waals surface area (Å²) in [7, 11) is 0. The fourth-order valence-corrected chi connectivity index (χ4v) is 2.97. The first-order chi connectivity index (χ1) is 9.10. The number of nitrogens with one attached hydrogen (secondary N) is 1. The number of aryl methyl sites for hydroxylation is 1. The number of carbonyl (C=O) groups is 1. The molecule has 0 radical (unpaired) electrons. The van der Waals surface area contributed by atoms with Crippen molar-refractivity contribution in [2.45, 2.75) is 19.4 Å². The van der Waals surface area contributed by atoms with Gasteiger partial charge in [0.25, 0.3) is 0 Å². The van der Waals surface area contributed by atoms with E-state index in [-0.39, 0.29) is 0 Å². The van der Waals surface area contributed by atoms with E-state index in [4.69, 9.17) is 17.3 Å². The van der Waals surface area contributed by atoms with Crippen LogP contribution in [-0.4, -0.2) is 5.91 Å². The van der Waals surface area contributed by atoms with Crippen LogP contribution in [0.25, 0.3) is 0 Å². The SMILES string of the molecule is CCc1ccc(C(Nc2cccc(Cl)c2)C(N)=O)s1. The van der Waals surface area contributed by atoms with E-state index in [0.717, 1.165) is 17.0 Å². The maximum Gasteiger partial charge on any atom is 0.245 e. The molecule has 1 atom stereocenters. The van der Waals surface area contributed by atoms with Crippen molar-refractivity contribution < 1.29 is 4.79 Å². The van der Waals surface area contributed by atoms with Gasteiger partial charge in [-0.2, -0.15) is 0 Å². The Kier molecular flexibility index (Phi) is 4.45. The van der Waals surface area contributed by atoms with Gasteiger partial charge in [0.05, 0.1) is 0 Å². The second kappa shape index (κ2) is 6.08. The lowest BCUT2D eigenvalue weighted by molar-refractivity contribution is -0.118. The van der Waals surface area contributed by atoms with E-state index in [0.29, 0.717) is 5.02 Å². The highest BCUT2D eigenvalue weighted by molar-refractivity contribution is 7.12. The summed E-state index contributed by atoms with van der Waals surface area (Å²) >= 11 is 7.52. The summed E-state index contributed by atoms with van der Waals surface area (Å²) in [5.74, 6) is -0.399. The summed E-state index contributed by atoms with van der Waals surface area (Å²) in [6, 6.07) is 10.7. The van der Waals surface area contributed by atoms with Gasteiger partial charge in [-0.1, -0.05) is 24.6 Å². The smallest absolute Gasteiger partial charge is 0.245 e. The minimum absolute atomic E-state index is 0.399. The molecule has 5 heteroatoms. The molecule has 0 aliphatic carbocycles. The number of anilines is 1. The van der Waals surface area contributed by atoms with E-state index < -0.39 is 11.9 Å². The van der Waals surface area contributed by atoms with Crippen LogP contribution in [0.15, 0.2) is 36.4 Å². The van der Waals surface area contributed by atoms with Gasteiger partial charge in [0.2, 0.25) is 5.91 Å². The molecule has 0 bridgehead atoms. The molecule has 1 aromatic carbocycles. The highest BCUT2D eigenvalue weighted by Gasteiger charge is 2.19. The average Bonchev–Trinajstić information content (AvgIpc) is 2.84. The Morgan fingerprint density at radius 1 is 1.42 bits per heavy atom. The third-order valence-electron chi connectivity index (χ3n) is 2.74. The van der Waals surface area contributed by atoms with Crippen LogP contribution < -0.4 is 11.1 Å². The Morgan fingerprint density at radius 3 is 2.79 bits per heavy atom. The molecule has 1 unspecified atom stereocenters. The van der Waals surface area contributed by atoms with Crippen molar-refractivity contribution in [1.82, 2.24) is 0 Å². The van der Waals surface area contributed by atoms with Crippen LogP contribution in [0.1, 0.15) is 22.7 Å². The fraction of sp³-hybridized carbons (Fsp3) is 0.214. The third-order valence-corrected chi connectivity index (χ3v) is 4.27. The number of thiophene rings is 1. The van der Waals surface area contributed by atoms with Gasteiger partial charge < -0.3 is 11.1 Å². The first kappa shape index (κ1) is 13.9. The summed E-state index contributed by atoms with van der Waals surface area (Å²) in [4.78, 5) is 13.8. The van der Waals surface area contributed by atoms with Gasteiger partial charge in [0.1, 0.15) is 6.04 Å². The van der Waals surface area contributed by atoms with Crippen molar-refractivity contribution in [3.8, 4) is 0 Å². The van der Waals surface area contributed by atoms with Gasteiger partial charge in [-0.05, 0) is 36.8 Å². The largest absolute Gasteiger partial charge is 0.369 e. The minimum atomic E-state index is -0.524. The zero-order chi connectivity index (χ0) is 13.8. The number of hydrogen-bond acceptors (Lipinski definition) is 3. The standard InChI is InChI=1S/C14H15ClN2OS/c1-2-11-6-7-12(19-11)13(14(16)18)17-10-5-3-4-9(15)8-10/h3-8,13,17H,2H2,1H3,(H2,16,18). The number of benzene rings is 1. The van der Waals surface area contributed by atoms with E-state index in [9.17, 15) is 4.79 Å². The van der Waals surface area contributed by atoms with Crippen LogP contribution in [0.3, 0.4) is 0 Å². The molecular weight excluding hydrogens is 280 g/mol. The van der Waals surface area contributed by atoms with E-state index in [1.165, 1.54) is 4.88 Å². The Bertz CT molecular complexity index is 582. The Balaban J connectivity index is 2.23. The van der Waals surface area contributed by atoms with E-state index in [1.807, 2.05) is 24.3 Å². The molecule has 100 valence electrons. The van der Waals surface area contributed by atoms with Crippen molar-refractivity contribution in [2.75, 3.05) is 5.32 Å². The first-order valence-electron chi connectivity index (χ1n) is 6.00. The summed E-state index contributed by atoms with van der Waals surface area (Å²) in [6.45, 7) is 2.08. The van der Waals surface area contributed by atoms with Crippen molar-refractivity contribution in [1.29, 1.82) is 0 Å². The number of hydrogen-bond donors (Lipinski definition) is 2. The molecule has 0 aliphatic heterocycles. The Labute approximate surface area is 121 Å². The molecule has 19 heavy (non-hydrogen) atoms. The number of rotatable bonds is 5. The first-order valence-corrected chi connectivity index (χ1v) is 7.19. The second-order valence-corrected chi connectivity index (χ2v) is 5.78. The van der Waals surface area contributed by atoms with Crippen LogP contribution in [0.2, 0.25) is 5.02 Å². The number of primary amides is 1. The van der Waals surface area contributed by atoms with Crippen molar-refractivity contribution in [3.63, 3.8) is 0 Å². The van der Waals surface area contributed by atoms with E-state index in [2.05, 4.69) is 12.2 Å². The molecule has 0 fully saturated rings. The van der Waals surface area contributed by atoms with Crippen LogP contribution >= 0.6 is 22.9 Å². The van der Waals surface area contributed by atoms with Crippen LogP contribution in [0, 0.1) is 0 Å². The highest BCUT2D eigenvalue weighted by Crippen LogP contribution is 2.27. The third kappa shape index (κ3) is 3.49. The molecular formula is C14H15ClN2OS. The number of amides is 1. The summed E-state index contributed by atoms with van der Waals surface area (Å²) < 4.78 is 0. The fourth-order valence-electron chi connectivity index (χ4n) is 1.77. The molecule has 1 heterocycles. The average molecular weight is 295 g/mol. The molecule has 0 spiro atoms. The number of carbonyl (C=O) groups excluding carboxylic acids is 1. The zero-order valence-electron chi connectivity index (χ0n) is 10.5. The van der Waals surface area contributed by atoms with Crippen molar-refractivity contribution in [2.24, 2.45) is 5.73 Å². The van der Waals surface area contributed by atoms with Gasteiger partial charge in [0.15, 0.2) is 0 Å². The monoisotopic (exact) mass is 294 g/mol. The minimum Gasteiger partial charge on any atom is -0.369 e. The summed E-state index contributed by atoms with van der Waals surface area (Å²) in [5, 5.41) is 3.74. The van der Waals surface area contributed by atoms with Gasteiger partial charge in [-0.25, -0.2) is 0 Å². The highest BCUT2D eigenvalue weighted by atomic mass is 35.5. The van der Waals surface area contributed by atoms with Crippen molar-refractivity contribution >= 4 is 34.5 Å². The molecule has 0 aliphatic rings. The quantitative estimate of drug-likeness (QED) is 0.885. The lowest BCUT2D eigenvalue weighted by Crippen LogP contribution is -2.26. The van der Waals surface area contributed by atoms with Crippen LogP contribution in [0.5, 0.6) is 0 Å². The molecule has 0 saturated heterocycles. The normalized spacial score (nSPS) is 12.1. The lowest BCUT2D eigenvalue weighted by Gasteiger charge is -2.15. The molecule has 3 N–H and O–H groups in total. The number of nitrogens with two attached hydrogens (primary N) is 1. The zero-order valence-corrected chi connectivity index (χ0v) is 12.1. The molecule has 2 rings (SSSR count). The summed E-state index contributed by atoms with van der Waals surface area (Å²) in [6.07, 6.45) is 0.952. The lowest BCUT2D eigenvalue weighted by atomic mass is 10.2. The maximum atomic E-state index is 11.6. The number of halogens is 1. The molecule has 1 amide bonds.